The maximum Gasteiger partial charge on any atom is 0.227 e. The number of thiocarbonyl (C=S) groups is 1. The Kier molecular flexibility index (Phi) is 6.11. The van der Waals surface area contributed by atoms with E-state index < -0.39 is 0 Å². The summed E-state index contributed by atoms with van der Waals surface area (Å²) in [4.78, 5) is 13.8. The fraction of sp³-hybridized carbons (Fsp3) is 0.364. The van der Waals surface area contributed by atoms with Gasteiger partial charge in [-0.3, -0.25) is 4.79 Å². The summed E-state index contributed by atoms with van der Waals surface area (Å²) in [6, 6.07) is 16.4. The molecule has 1 amide bonds. The summed E-state index contributed by atoms with van der Waals surface area (Å²) >= 11 is 5.57. The van der Waals surface area contributed by atoms with E-state index in [0.717, 1.165) is 24.3 Å². The Morgan fingerprint density at radius 1 is 1.15 bits per heavy atom. The second kappa shape index (κ2) is 8.53. The fourth-order valence-corrected chi connectivity index (χ4v) is 3.77. The van der Waals surface area contributed by atoms with Gasteiger partial charge >= 0.3 is 0 Å². The number of carbonyl (C=O) groups is 1. The molecule has 0 radical (unpaired) electrons. The number of hydrogen-bond acceptors (Lipinski definition) is 2. The summed E-state index contributed by atoms with van der Waals surface area (Å²) in [7, 11) is 0. The Labute approximate surface area is 167 Å². The molecule has 5 heteroatoms. The van der Waals surface area contributed by atoms with Gasteiger partial charge in [0.2, 0.25) is 5.91 Å². The minimum absolute atomic E-state index is 0.134. The molecule has 3 rings (SSSR count). The smallest absolute Gasteiger partial charge is 0.227 e. The first-order valence-electron chi connectivity index (χ1n) is 9.49. The van der Waals surface area contributed by atoms with Crippen LogP contribution in [0, 0.1) is 12.8 Å². The molecule has 1 aliphatic heterocycles. The Bertz CT molecular complexity index is 834. The highest BCUT2D eigenvalue weighted by Crippen LogP contribution is 2.26. The summed E-state index contributed by atoms with van der Waals surface area (Å²) in [5.41, 5.74) is 4.32. The molecule has 2 N–H and O–H groups in total. The topological polar surface area (TPSA) is 44.4 Å². The van der Waals surface area contributed by atoms with E-state index in [-0.39, 0.29) is 11.9 Å². The lowest BCUT2D eigenvalue weighted by Crippen LogP contribution is -2.35. The van der Waals surface area contributed by atoms with E-state index in [1.807, 2.05) is 29.2 Å². The number of rotatable bonds is 5. The van der Waals surface area contributed by atoms with Crippen LogP contribution in [0.4, 0.5) is 11.4 Å². The monoisotopic (exact) mass is 381 g/mol. The minimum atomic E-state index is 0.134. The molecular weight excluding hydrogens is 354 g/mol. The van der Waals surface area contributed by atoms with Crippen molar-refractivity contribution in [2.75, 3.05) is 16.8 Å². The highest BCUT2D eigenvalue weighted by molar-refractivity contribution is 7.80. The maximum atomic E-state index is 12.0. The van der Waals surface area contributed by atoms with E-state index in [9.17, 15) is 4.79 Å². The summed E-state index contributed by atoms with van der Waals surface area (Å²) in [5, 5.41) is 7.32. The zero-order valence-corrected chi connectivity index (χ0v) is 17.0. The number of amides is 1. The third kappa shape index (κ3) is 4.66. The molecule has 0 saturated carbocycles. The molecule has 0 aliphatic carbocycles. The fourth-order valence-electron chi connectivity index (χ4n) is 3.52. The Morgan fingerprint density at radius 3 is 2.59 bits per heavy atom. The summed E-state index contributed by atoms with van der Waals surface area (Å²) < 4.78 is 0. The van der Waals surface area contributed by atoms with Crippen molar-refractivity contribution >= 4 is 34.6 Å². The molecule has 1 atom stereocenters. The lowest BCUT2D eigenvalue weighted by atomic mass is 9.93. The van der Waals surface area contributed by atoms with Gasteiger partial charge in [-0.1, -0.05) is 44.2 Å². The van der Waals surface area contributed by atoms with Gasteiger partial charge in [0.05, 0.1) is 6.04 Å². The second-order valence-electron chi connectivity index (χ2n) is 7.38. The highest BCUT2D eigenvalue weighted by atomic mass is 32.1. The molecule has 0 aromatic heterocycles. The van der Waals surface area contributed by atoms with Gasteiger partial charge in [0.25, 0.3) is 0 Å². The van der Waals surface area contributed by atoms with Crippen molar-refractivity contribution in [3.63, 3.8) is 0 Å². The lowest BCUT2D eigenvalue weighted by molar-refractivity contribution is -0.117. The van der Waals surface area contributed by atoms with Gasteiger partial charge in [-0.2, -0.15) is 0 Å². The van der Waals surface area contributed by atoms with Crippen LogP contribution in [0.3, 0.4) is 0 Å². The third-order valence-corrected chi connectivity index (χ3v) is 5.19. The molecule has 1 saturated heterocycles. The summed E-state index contributed by atoms with van der Waals surface area (Å²) in [6.45, 7) is 7.28. The quantitative estimate of drug-likeness (QED) is 0.730. The van der Waals surface area contributed by atoms with Gasteiger partial charge < -0.3 is 15.5 Å². The van der Waals surface area contributed by atoms with Crippen LogP contribution in [-0.4, -0.2) is 17.6 Å². The maximum absolute atomic E-state index is 12.0. The zero-order valence-electron chi connectivity index (χ0n) is 16.2. The normalized spacial score (nSPS) is 15.1. The van der Waals surface area contributed by atoms with Gasteiger partial charge in [-0.05, 0) is 60.8 Å². The van der Waals surface area contributed by atoms with Crippen LogP contribution in [-0.2, 0) is 4.79 Å². The van der Waals surface area contributed by atoms with Crippen molar-refractivity contribution in [3.05, 3.63) is 59.7 Å². The van der Waals surface area contributed by atoms with Gasteiger partial charge in [-0.25, -0.2) is 0 Å². The average molecular weight is 382 g/mol. The van der Waals surface area contributed by atoms with E-state index in [4.69, 9.17) is 12.2 Å². The standard InChI is InChI=1S/C22H27N3OS/c1-15(2)21(19-11-5-4-8-16(19)3)24-22(27)23-17-9-6-10-18(14-17)25-13-7-12-20(25)26/h4-6,8-11,14-15,21H,7,12-13H2,1-3H3,(H2,23,24,27)/t21-/m1/s1. The van der Waals surface area contributed by atoms with Gasteiger partial charge in [0, 0.05) is 24.3 Å². The number of anilines is 2. The number of nitrogens with zero attached hydrogens (tertiary/aromatic N) is 1. The van der Waals surface area contributed by atoms with E-state index in [1.54, 1.807) is 0 Å². The van der Waals surface area contributed by atoms with E-state index in [1.165, 1.54) is 11.1 Å². The molecular formula is C22H27N3OS. The SMILES string of the molecule is Cc1ccccc1[C@H](NC(=S)Nc1cccc(N2CCCC2=O)c1)C(C)C. The van der Waals surface area contributed by atoms with Crippen molar-refractivity contribution in [2.24, 2.45) is 5.92 Å². The molecule has 0 unspecified atom stereocenters. The van der Waals surface area contributed by atoms with Crippen LogP contribution in [0.2, 0.25) is 0 Å². The van der Waals surface area contributed by atoms with Gasteiger partial charge in [0.1, 0.15) is 0 Å². The van der Waals surface area contributed by atoms with Crippen LogP contribution in [0.5, 0.6) is 0 Å². The number of benzene rings is 2. The molecule has 1 fully saturated rings. The van der Waals surface area contributed by atoms with Crippen LogP contribution >= 0.6 is 12.2 Å². The summed E-state index contributed by atoms with van der Waals surface area (Å²) in [5.74, 6) is 0.576. The minimum Gasteiger partial charge on any atom is -0.355 e. The van der Waals surface area contributed by atoms with Crippen molar-refractivity contribution < 1.29 is 4.79 Å². The van der Waals surface area contributed by atoms with E-state index >= 15 is 0 Å². The number of nitrogens with one attached hydrogen (secondary N) is 2. The van der Waals surface area contributed by atoms with Gasteiger partial charge in [0.15, 0.2) is 5.11 Å². The third-order valence-electron chi connectivity index (χ3n) is 4.97. The predicted octanol–water partition coefficient (Wildman–Crippen LogP) is 4.81. The predicted molar refractivity (Wildman–Crippen MR) is 116 cm³/mol. The number of hydrogen-bond donors (Lipinski definition) is 2. The summed E-state index contributed by atoms with van der Waals surface area (Å²) in [6.07, 6.45) is 1.55. The Balaban J connectivity index is 1.71. The van der Waals surface area contributed by atoms with Gasteiger partial charge in [-0.15, -0.1) is 0 Å². The lowest BCUT2D eigenvalue weighted by Gasteiger charge is -2.26. The first-order chi connectivity index (χ1) is 13.0. The van der Waals surface area contributed by atoms with E-state index in [2.05, 4.69) is 55.7 Å². The zero-order chi connectivity index (χ0) is 19.4. The Hall–Kier alpha value is -2.40. The molecule has 27 heavy (non-hydrogen) atoms. The molecule has 1 heterocycles. The Morgan fingerprint density at radius 2 is 1.93 bits per heavy atom. The highest BCUT2D eigenvalue weighted by Gasteiger charge is 2.22. The van der Waals surface area contributed by atoms with Crippen LogP contribution in [0.25, 0.3) is 0 Å². The van der Waals surface area contributed by atoms with Crippen molar-refractivity contribution in [1.82, 2.24) is 5.32 Å². The average Bonchev–Trinajstić information content (AvgIpc) is 3.06. The van der Waals surface area contributed by atoms with Crippen molar-refractivity contribution in [3.8, 4) is 0 Å². The van der Waals surface area contributed by atoms with E-state index in [0.29, 0.717) is 17.5 Å². The molecule has 1 aliphatic rings. The molecule has 0 bridgehead atoms. The number of carbonyl (C=O) groups excluding carboxylic acids is 1. The first kappa shape index (κ1) is 19.4. The van der Waals surface area contributed by atoms with Crippen molar-refractivity contribution in [1.29, 1.82) is 0 Å². The van der Waals surface area contributed by atoms with Crippen LogP contribution < -0.4 is 15.5 Å². The molecule has 0 spiro atoms. The van der Waals surface area contributed by atoms with Crippen molar-refractivity contribution in [2.45, 2.75) is 39.7 Å². The molecule has 2 aromatic carbocycles. The second-order valence-corrected chi connectivity index (χ2v) is 7.78. The first-order valence-corrected chi connectivity index (χ1v) is 9.90. The molecule has 4 nitrogen and oxygen atoms in total. The molecule has 142 valence electrons. The van der Waals surface area contributed by atoms with Crippen LogP contribution in [0.15, 0.2) is 48.5 Å². The van der Waals surface area contributed by atoms with Crippen LogP contribution in [0.1, 0.15) is 43.9 Å². The largest absolute Gasteiger partial charge is 0.355 e. The molecule has 2 aromatic rings. The number of aryl methyl sites for hydroxylation is 1.